The highest BCUT2D eigenvalue weighted by Gasteiger charge is 2.39. The number of hydrogen-bond acceptors (Lipinski definition) is 1. The Morgan fingerprint density at radius 3 is 2.75 bits per heavy atom. The lowest BCUT2D eigenvalue weighted by molar-refractivity contribution is 0.0463. The molecule has 1 fully saturated rings. The second kappa shape index (κ2) is 4.54. The van der Waals surface area contributed by atoms with E-state index in [4.69, 9.17) is 5.73 Å². The van der Waals surface area contributed by atoms with Gasteiger partial charge in [0.1, 0.15) is 5.67 Å². The van der Waals surface area contributed by atoms with Crippen LogP contribution in [-0.4, -0.2) is 6.54 Å². The molecule has 16 heavy (non-hydrogen) atoms. The highest BCUT2D eigenvalue weighted by molar-refractivity contribution is 5.29. The fourth-order valence-electron chi connectivity index (χ4n) is 2.38. The van der Waals surface area contributed by atoms with E-state index in [9.17, 15) is 4.39 Å². The van der Waals surface area contributed by atoms with Gasteiger partial charge >= 0.3 is 0 Å². The molecule has 0 aliphatic heterocycles. The largest absolute Gasteiger partial charge is 0.330 e. The quantitative estimate of drug-likeness (QED) is 0.830. The molecule has 2 rings (SSSR count). The number of hydrogen-bond donors (Lipinski definition) is 1. The number of nitrogens with two attached hydrogens (primary N) is 1. The third kappa shape index (κ3) is 2.12. The maximum Gasteiger partial charge on any atom is 0.136 e. The van der Waals surface area contributed by atoms with E-state index in [2.05, 4.69) is 0 Å². The summed E-state index contributed by atoms with van der Waals surface area (Å²) < 4.78 is 14.7. The Hall–Kier alpha value is -0.890. The highest BCUT2D eigenvalue weighted by atomic mass is 19.1. The third-order valence-electron chi connectivity index (χ3n) is 3.80. The predicted molar refractivity (Wildman–Crippen MR) is 65.0 cm³/mol. The molecule has 1 atom stereocenters. The van der Waals surface area contributed by atoms with Gasteiger partial charge in [0, 0.05) is 0 Å². The van der Waals surface area contributed by atoms with Gasteiger partial charge in [-0.3, -0.25) is 0 Å². The van der Waals surface area contributed by atoms with Crippen molar-refractivity contribution in [3.8, 4) is 0 Å². The molecule has 88 valence electrons. The first-order valence-electron chi connectivity index (χ1n) is 6.13. The first-order valence-corrected chi connectivity index (χ1v) is 6.13. The van der Waals surface area contributed by atoms with E-state index in [1.54, 1.807) is 6.92 Å². The van der Waals surface area contributed by atoms with Crippen LogP contribution in [0, 0.1) is 5.92 Å². The summed E-state index contributed by atoms with van der Waals surface area (Å²) in [5.74, 6) is 0.209. The summed E-state index contributed by atoms with van der Waals surface area (Å²) in [4.78, 5) is 0. The van der Waals surface area contributed by atoms with Crippen LogP contribution in [0.25, 0.3) is 0 Å². The van der Waals surface area contributed by atoms with Crippen molar-refractivity contribution in [1.82, 2.24) is 0 Å². The van der Waals surface area contributed by atoms with E-state index in [0.717, 1.165) is 30.4 Å². The summed E-state index contributed by atoms with van der Waals surface area (Å²) in [7, 11) is 0. The predicted octanol–water partition coefficient (Wildman–Crippen LogP) is 3.17. The van der Waals surface area contributed by atoms with Crippen molar-refractivity contribution in [2.45, 2.75) is 38.3 Å². The Balaban J connectivity index is 2.21. The molecular weight excluding hydrogens is 201 g/mol. The van der Waals surface area contributed by atoms with Gasteiger partial charge in [-0.05, 0) is 49.8 Å². The van der Waals surface area contributed by atoms with Crippen LogP contribution < -0.4 is 5.73 Å². The first-order chi connectivity index (χ1) is 7.64. The van der Waals surface area contributed by atoms with Crippen LogP contribution in [0.4, 0.5) is 4.39 Å². The van der Waals surface area contributed by atoms with Gasteiger partial charge in [0.2, 0.25) is 0 Å². The number of benzene rings is 1. The van der Waals surface area contributed by atoms with E-state index >= 15 is 0 Å². The van der Waals surface area contributed by atoms with Gasteiger partial charge in [0.25, 0.3) is 0 Å². The summed E-state index contributed by atoms with van der Waals surface area (Å²) in [5.41, 5.74) is 6.32. The average molecular weight is 221 g/mol. The zero-order chi connectivity index (χ0) is 11.6. The van der Waals surface area contributed by atoms with Crippen LogP contribution in [-0.2, 0) is 12.1 Å². The smallest absolute Gasteiger partial charge is 0.136 e. The van der Waals surface area contributed by atoms with Gasteiger partial charge < -0.3 is 5.73 Å². The molecule has 0 saturated heterocycles. The fraction of sp³-hybridized carbons (Fsp3) is 0.571. The van der Waals surface area contributed by atoms with Crippen molar-refractivity contribution in [2.24, 2.45) is 11.7 Å². The van der Waals surface area contributed by atoms with Gasteiger partial charge in [0.05, 0.1) is 0 Å². The zero-order valence-corrected chi connectivity index (χ0v) is 9.88. The van der Waals surface area contributed by atoms with Gasteiger partial charge in [-0.2, -0.15) is 0 Å². The Morgan fingerprint density at radius 1 is 1.44 bits per heavy atom. The lowest BCUT2D eigenvalue weighted by Crippen LogP contribution is -2.32. The van der Waals surface area contributed by atoms with E-state index in [1.165, 1.54) is 6.42 Å². The molecule has 0 bridgehead atoms. The van der Waals surface area contributed by atoms with Gasteiger partial charge in [-0.25, -0.2) is 4.39 Å². The standard InChI is InChI=1S/C14H20FN/c1-14(15,12-5-3-6-12)13-7-2-4-11(10-13)8-9-16/h2,4,7,10,12H,3,5-6,8-9,16H2,1H3. The van der Waals surface area contributed by atoms with Crippen molar-refractivity contribution >= 4 is 0 Å². The van der Waals surface area contributed by atoms with Crippen molar-refractivity contribution in [2.75, 3.05) is 6.54 Å². The van der Waals surface area contributed by atoms with Crippen LogP contribution in [0.15, 0.2) is 24.3 Å². The Morgan fingerprint density at radius 2 is 2.19 bits per heavy atom. The Bertz CT molecular complexity index is 356. The van der Waals surface area contributed by atoms with Crippen LogP contribution in [0.2, 0.25) is 0 Å². The maximum absolute atomic E-state index is 14.7. The number of rotatable bonds is 4. The maximum atomic E-state index is 14.7. The molecule has 1 aliphatic carbocycles. The van der Waals surface area contributed by atoms with Crippen molar-refractivity contribution in [1.29, 1.82) is 0 Å². The molecule has 1 saturated carbocycles. The Labute approximate surface area is 96.9 Å². The number of alkyl halides is 1. The molecule has 1 aliphatic rings. The average Bonchev–Trinajstić information content (AvgIpc) is 2.15. The van der Waals surface area contributed by atoms with Crippen molar-refractivity contribution < 1.29 is 4.39 Å². The summed E-state index contributed by atoms with van der Waals surface area (Å²) in [5, 5.41) is 0. The van der Waals surface area contributed by atoms with E-state index < -0.39 is 5.67 Å². The molecule has 0 heterocycles. The van der Waals surface area contributed by atoms with Gasteiger partial charge in [0.15, 0.2) is 0 Å². The molecule has 1 aromatic rings. The van der Waals surface area contributed by atoms with E-state index in [0.29, 0.717) is 6.54 Å². The monoisotopic (exact) mass is 221 g/mol. The molecule has 1 aromatic carbocycles. The third-order valence-corrected chi connectivity index (χ3v) is 3.80. The topological polar surface area (TPSA) is 26.0 Å². The lowest BCUT2D eigenvalue weighted by atomic mass is 9.71. The molecule has 0 spiro atoms. The molecular formula is C14H20FN. The summed E-state index contributed by atoms with van der Waals surface area (Å²) in [6, 6.07) is 7.84. The molecule has 2 heteroatoms. The van der Waals surface area contributed by atoms with Crippen molar-refractivity contribution in [3.05, 3.63) is 35.4 Å². The Kier molecular flexibility index (Phi) is 3.29. The lowest BCUT2D eigenvalue weighted by Gasteiger charge is -2.37. The van der Waals surface area contributed by atoms with Crippen LogP contribution in [0.1, 0.15) is 37.3 Å². The van der Waals surface area contributed by atoms with Gasteiger partial charge in [-0.15, -0.1) is 0 Å². The highest BCUT2D eigenvalue weighted by Crippen LogP contribution is 2.45. The molecule has 1 nitrogen and oxygen atoms in total. The molecule has 1 unspecified atom stereocenters. The molecule has 0 radical (unpaired) electrons. The summed E-state index contributed by atoms with van der Waals surface area (Å²) >= 11 is 0. The normalized spacial score (nSPS) is 20.2. The van der Waals surface area contributed by atoms with Crippen molar-refractivity contribution in [3.63, 3.8) is 0 Å². The number of halogens is 1. The van der Waals surface area contributed by atoms with Gasteiger partial charge in [-0.1, -0.05) is 30.7 Å². The van der Waals surface area contributed by atoms with E-state index in [-0.39, 0.29) is 5.92 Å². The fourth-order valence-corrected chi connectivity index (χ4v) is 2.38. The molecule has 0 aromatic heterocycles. The molecule has 2 N–H and O–H groups in total. The van der Waals surface area contributed by atoms with Crippen LogP contribution in [0.3, 0.4) is 0 Å². The second-order valence-corrected chi connectivity index (χ2v) is 4.94. The van der Waals surface area contributed by atoms with Crippen LogP contribution >= 0.6 is 0 Å². The molecule has 0 amide bonds. The first kappa shape index (κ1) is 11.6. The van der Waals surface area contributed by atoms with Crippen LogP contribution in [0.5, 0.6) is 0 Å². The summed E-state index contributed by atoms with van der Waals surface area (Å²) in [6.07, 6.45) is 4.05. The van der Waals surface area contributed by atoms with E-state index in [1.807, 2.05) is 24.3 Å². The summed E-state index contributed by atoms with van der Waals surface area (Å²) in [6.45, 7) is 2.34. The SMILES string of the molecule is CC(F)(c1cccc(CCN)c1)C1CCC1. The minimum atomic E-state index is -1.16. The zero-order valence-electron chi connectivity index (χ0n) is 9.88. The minimum absolute atomic E-state index is 0.209. The second-order valence-electron chi connectivity index (χ2n) is 4.94. The minimum Gasteiger partial charge on any atom is -0.330 e.